The van der Waals surface area contributed by atoms with Crippen LogP contribution in [0.2, 0.25) is 0 Å². The van der Waals surface area contributed by atoms with Crippen molar-refractivity contribution in [1.29, 1.82) is 0 Å². The average Bonchev–Trinajstić information content (AvgIpc) is 2.99. The van der Waals surface area contributed by atoms with Crippen LogP contribution in [-0.4, -0.2) is 44.7 Å². The summed E-state index contributed by atoms with van der Waals surface area (Å²) in [5.74, 6) is 0.751. The van der Waals surface area contributed by atoms with Gasteiger partial charge in [0.25, 0.3) is 0 Å². The molecule has 9 nitrogen and oxygen atoms in total. The number of carbonyl (C=O) groups excluding carboxylic acids is 2. The fraction of sp³-hybridized carbons (Fsp3) is 0.250. The molecule has 0 saturated carbocycles. The maximum absolute atomic E-state index is 12.4. The summed E-state index contributed by atoms with van der Waals surface area (Å²) < 4.78 is 1.78. The first kappa shape index (κ1) is 18.6. The van der Waals surface area contributed by atoms with Crippen LogP contribution >= 0.6 is 0 Å². The monoisotopic (exact) mass is 391 g/mol. The van der Waals surface area contributed by atoms with Crippen LogP contribution in [0.1, 0.15) is 21.7 Å². The average molecular weight is 391 g/mol. The normalized spacial score (nSPS) is 13.8. The summed E-state index contributed by atoms with van der Waals surface area (Å²) >= 11 is 0. The Morgan fingerprint density at radius 3 is 2.38 bits per heavy atom. The third kappa shape index (κ3) is 3.79. The molecule has 1 aliphatic heterocycles. The van der Waals surface area contributed by atoms with E-state index in [9.17, 15) is 9.59 Å². The number of amides is 2. The van der Waals surface area contributed by atoms with E-state index in [1.54, 1.807) is 28.9 Å². The summed E-state index contributed by atoms with van der Waals surface area (Å²) in [4.78, 5) is 34.2. The summed E-state index contributed by atoms with van der Waals surface area (Å²) in [6.07, 6.45) is 1.51. The Bertz CT molecular complexity index is 1070. The van der Waals surface area contributed by atoms with Gasteiger partial charge in [-0.25, -0.2) is 14.6 Å². The van der Waals surface area contributed by atoms with E-state index in [2.05, 4.69) is 20.4 Å². The van der Waals surface area contributed by atoms with Gasteiger partial charge in [-0.1, -0.05) is 0 Å². The zero-order valence-corrected chi connectivity index (χ0v) is 16.2. The van der Waals surface area contributed by atoms with Gasteiger partial charge in [0.15, 0.2) is 5.82 Å². The van der Waals surface area contributed by atoms with Crippen LogP contribution in [0.4, 0.5) is 11.5 Å². The highest BCUT2D eigenvalue weighted by molar-refractivity contribution is 5.96. The van der Waals surface area contributed by atoms with Crippen molar-refractivity contribution in [3.63, 3.8) is 0 Å². The van der Waals surface area contributed by atoms with Gasteiger partial charge in [0.2, 0.25) is 11.8 Å². The van der Waals surface area contributed by atoms with Crippen molar-refractivity contribution < 1.29 is 9.59 Å². The smallest absolute Gasteiger partial charge is 0.248 e. The molecule has 0 unspecified atom stereocenters. The van der Waals surface area contributed by atoms with Gasteiger partial charge < -0.3 is 16.0 Å². The van der Waals surface area contributed by atoms with Crippen LogP contribution in [0, 0.1) is 19.8 Å². The Hall–Kier alpha value is -3.75. The molecule has 2 aromatic heterocycles. The molecule has 0 bridgehead atoms. The minimum absolute atomic E-state index is 0.0686. The molecule has 1 fully saturated rings. The van der Waals surface area contributed by atoms with Crippen molar-refractivity contribution in [3.8, 4) is 5.82 Å². The number of nitrogens with zero attached hydrogens (tertiary/aromatic N) is 5. The summed E-state index contributed by atoms with van der Waals surface area (Å²) in [7, 11) is 0. The third-order valence-corrected chi connectivity index (χ3v) is 4.88. The van der Waals surface area contributed by atoms with Gasteiger partial charge >= 0.3 is 0 Å². The number of anilines is 2. The van der Waals surface area contributed by atoms with Crippen molar-refractivity contribution in [2.75, 3.05) is 23.3 Å². The third-order valence-electron chi connectivity index (χ3n) is 4.88. The topological polar surface area (TPSA) is 119 Å². The minimum atomic E-state index is -0.498. The molecule has 1 aliphatic rings. The number of primary amides is 1. The number of carbonyl (C=O) groups is 2. The fourth-order valence-electron chi connectivity index (χ4n) is 3.28. The van der Waals surface area contributed by atoms with Crippen molar-refractivity contribution in [3.05, 3.63) is 59.7 Å². The molecule has 1 aromatic carbocycles. The molecule has 2 amide bonds. The van der Waals surface area contributed by atoms with Gasteiger partial charge in [0.05, 0.1) is 11.6 Å². The van der Waals surface area contributed by atoms with E-state index in [1.165, 1.54) is 6.33 Å². The molecule has 0 radical (unpaired) electrons. The first-order chi connectivity index (χ1) is 13.9. The Morgan fingerprint density at radius 2 is 1.76 bits per heavy atom. The van der Waals surface area contributed by atoms with Gasteiger partial charge in [-0.2, -0.15) is 5.10 Å². The molecule has 148 valence electrons. The lowest BCUT2D eigenvalue weighted by Gasteiger charge is -2.39. The maximum Gasteiger partial charge on any atom is 0.248 e. The summed E-state index contributed by atoms with van der Waals surface area (Å²) in [6.45, 7) is 5.05. The van der Waals surface area contributed by atoms with Crippen LogP contribution < -0.4 is 16.0 Å². The second kappa shape index (κ2) is 7.34. The number of aryl methyl sites for hydroxylation is 2. The second-order valence-corrected chi connectivity index (χ2v) is 7.11. The molecule has 9 heteroatoms. The number of aromatic nitrogens is 4. The molecule has 0 spiro atoms. The number of nitrogens with one attached hydrogen (secondary N) is 1. The molecule has 29 heavy (non-hydrogen) atoms. The second-order valence-electron chi connectivity index (χ2n) is 7.11. The van der Waals surface area contributed by atoms with Crippen molar-refractivity contribution in [1.82, 2.24) is 19.7 Å². The quantitative estimate of drug-likeness (QED) is 0.679. The molecular formula is C20H21N7O2. The molecule has 4 rings (SSSR count). The fourth-order valence-corrected chi connectivity index (χ4v) is 3.28. The lowest BCUT2D eigenvalue weighted by molar-refractivity contribution is -0.120. The Morgan fingerprint density at radius 1 is 1.07 bits per heavy atom. The van der Waals surface area contributed by atoms with Crippen molar-refractivity contribution in [2.45, 2.75) is 13.8 Å². The van der Waals surface area contributed by atoms with E-state index in [4.69, 9.17) is 5.73 Å². The highest BCUT2D eigenvalue weighted by Gasteiger charge is 2.33. The highest BCUT2D eigenvalue weighted by Crippen LogP contribution is 2.25. The van der Waals surface area contributed by atoms with Gasteiger partial charge in [-0.3, -0.25) is 9.59 Å². The molecule has 0 atom stereocenters. The van der Waals surface area contributed by atoms with E-state index in [1.807, 2.05) is 30.9 Å². The molecule has 3 aromatic rings. The van der Waals surface area contributed by atoms with Gasteiger partial charge in [0, 0.05) is 36.1 Å². The van der Waals surface area contributed by atoms with Gasteiger partial charge in [0.1, 0.15) is 12.1 Å². The van der Waals surface area contributed by atoms with E-state index in [0.29, 0.717) is 30.2 Å². The molecule has 3 heterocycles. The Labute approximate surface area is 167 Å². The zero-order valence-electron chi connectivity index (χ0n) is 16.2. The predicted octanol–water partition coefficient (Wildman–Crippen LogP) is 1.45. The Kier molecular flexibility index (Phi) is 4.71. The lowest BCUT2D eigenvalue weighted by Crippen LogP contribution is -2.52. The van der Waals surface area contributed by atoms with Crippen LogP contribution in [0.25, 0.3) is 5.82 Å². The summed E-state index contributed by atoms with van der Waals surface area (Å²) in [6, 6.07) is 10.4. The van der Waals surface area contributed by atoms with Gasteiger partial charge in [-0.15, -0.1) is 0 Å². The molecular weight excluding hydrogens is 370 g/mol. The van der Waals surface area contributed by atoms with Crippen LogP contribution in [0.3, 0.4) is 0 Å². The summed E-state index contributed by atoms with van der Waals surface area (Å²) in [5, 5.41) is 7.31. The number of benzene rings is 1. The highest BCUT2D eigenvalue weighted by atomic mass is 16.2. The van der Waals surface area contributed by atoms with E-state index in [-0.39, 0.29) is 11.8 Å². The lowest BCUT2D eigenvalue weighted by atomic mass is 9.99. The number of rotatable bonds is 5. The molecule has 3 N–H and O–H groups in total. The zero-order chi connectivity index (χ0) is 20.5. The number of hydrogen-bond donors (Lipinski definition) is 2. The first-order valence-electron chi connectivity index (χ1n) is 9.22. The van der Waals surface area contributed by atoms with E-state index >= 15 is 0 Å². The largest absolute Gasteiger partial charge is 0.366 e. The van der Waals surface area contributed by atoms with Crippen molar-refractivity contribution >= 4 is 23.3 Å². The standard InChI is InChI=1S/C20H21N7O2/c1-12-7-13(2)27(25-12)18-8-17(22-11-23-18)26-9-15(10-26)20(29)24-16-5-3-14(4-6-16)19(21)28/h3-8,11,15H,9-10H2,1-2H3,(H2,21,28)(H,24,29). The number of hydrogen-bond acceptors (Lipinski definition) is 6. The van der Waals surface area contributed by atoms with Crippen molar-refractivity contribution in [2.24, 2.45) is 11.7 Å². The number of nitrogens with two attached hydrogens (primary N) is 1. The van der Waals surface area contributed by atoms with Crippen LogP contribution in [-0.2, 0) is 4.79 Å². The predicted molar refractivity (Wildman–Crippen MR) is 108 cm³/mol. The molecule has 0 aliphatic carbocycles. The Balaban J connectivity index is 1.38. The van der Waals surface area contributed by atoms with E-state index < -0.39 is 5.91 Å². The van der Waals surface area contributed by atoms with Crippen LogP contribution in [0.5, 0.6) is 0 Å². The molecule has 1 saturated heterocycles. The minimum Gasteiger partial charge on any atom is -0.366 e. The SMILES string of the molecule is Cc1cc(C)n(-c2cc(N3CC(C(=O)Nc4ccc(C(N)=O)cc4)C3)ncn2)n1. The van der Waals surface area contributed by atoms with Crippen LogP contribution in [0.15, 0.2) is 42.7 Å². The van der Waals surface area contributed by atoms with E-state index in [0.717, 1.165) is 17.2 Å². The maximum atomic E-state index is 12.4. The van der Waals surface area contributed by atoms with Gasteiger partial charge in [-0.05, 0) is 44.2 Å². The summed E-state index contributed by atoms with van der Waals surface area (Å²) in [5.41, 5.74) is 8.18. The first-order valence-corrected chi connectivity index (χ1v) is 9.22.